The first-order valence-corrected chi connectivity index (χ1v) is 5.27. The Morgan fingerprint density at radius 3 is 2.25 bits per heavy atom. The Kier molecular flexibility index (Phi) is 2.80. The largest absolute Gasteiger partial charge is 0.324 e. The van der Waals surface area contributed by atoms with Crippen LogP contribution in [0.15, 0.2) is 11.0 Å². The van der Waals surface area contributed by atoms with E-state index in [0.717, 1.165) is 0 Å². The summed E-state index contributed by atoms with van der Waals surface area (Å²) in [7, 11) is 0. The van der Waals surface area contributed by atoms with Gasteiger partial charge >= 0.3 is 0 Å². The van der Waals surface area contributed by atoms with Crippen molar-refractivity contribution in [2.24, 2.45) is 0 Å². The Bertz CT molecular complexity index is 305. The number of hydrogen-bond donors (Lipinski definition) is 1. The standard InChI is InChI=1S/C10H15NS/c1-6-5-9(12-4)10(11)8(3)7(6)2/h5H,11H2,1-4H3/p+1. The molecule has 0 radical (unpaired) electrons. The van der Waals surface area contributed by atoms with Crippen LogP contribution in [-0.4, -0.2) is 6.26 Å². The molecule has 12 heavy (non-hydrogen) atoms. The second-order valence-electron chi connectivity index (χ2n) is 3.12. The molecule has 1 aromatic rings. The van der Waals surface area contributed by atoms with Crippen molar-refractivity contribution in [1.29, 1.82) is 0 Å². The summed E-state index contributed by atoms with van der Waals surface area (Å²) in [6, 6.07) is 2.22. The fraction of sp³-hybridized carbons (Fsp3) is 0.400. The molecule has 1 rings (SSSR count). The van der Waals surface area contributed by atoms with E-state index in [1.165, 1.54) is 27.3 Å². The predicted octanol–water partition coefficient (Wildman–Crippen LogP) is 2.21. The zero-order valence-electron chi connectivity index (χ0n) is 8.19. The fourth-order valence-corrected chi connectivity index (χ4v) is 1.98. The minimum absolute atomic E-state index is 1.19. The van der Waals surface area contributed by atoms with E-state index in [1.807, 2.05) is 0 Å². The lowest BCUT2D eigenvalue weighted by atomic mass is 10.0. The number of aryl methyl sites for hydroxylation is 1. The highest BCUT2D eigenvalue weighted by Gasteiger charge is 2.09. The first-order chi connectivity index (χ1) is 5.57. The maximum Gasteiger partial charge on any atom is 0.144 e. The molecule has 0 saturated heterocycles. The van der Waals surface area contributed by atoms with Crippen molar-refractivity contribution in [2.45, 2.75) is 25.7 Å². The zero-order valence-corrected chi connectivity index (χ0v) is 9.01. The van der Waals surface area contributed by atoms with Gasteiger partial charge in [0.2, 0.25) is 0 Å². The fourth-order valence-electron chi connectivity index (χ4n) is 1.28. The molecule has 0 aliphatic carbocycles. The van der Waals surface area contributed by atoms with Crippen LogP contribution in [0.1, 0.15) is 16.7 Å². The second-order valence-corrected chi connectivity index (χ2v) is 3.97. The molecule has 0 saturated carbocycles. The Morgan fingerprint density at radius 1 is 1.17 bits per heavy atom. The van der Waals surface area contributed by atoms with Gasteiger partial charge < -0.3 is 5.73 Å². The molecular formula is C10H16NS+. The molecule has 1 nitrogen and oxygen atoms in total. The maximum absolute atomic E-state index is 4.07. The summed E-state index contributed by atoms with van der Waals surface area (Å²) in [5, 5.41) is 0. The normalized spacial score (nSPS) is 10.4. The van der Waals surface area contributed by atoms with E-state index in [0.29, 0.717) is 0 Å². The Labute approximate surface area is 78.4 Å². The van der Waals surface area contributed by atoms with E-state index in [9.17, 15) is 0 Å². The summed E-state index contributed by atoms with van der Waals surface area (Å²) in [6.07, 6.45) is 2.10. The summed E-state index contributed by atoms with van der Waals surface area (Å²) in [6.45, 7) is 6.45. The molecule has 0 aliphatic heterocycles. The Balaban J connectivity index is 3.39. The van der Waals surface area contributed by atoms with Crippen molar-refractivity contribution in [3.63, 3.8) is 0 Å². The minimum Gasteiger partial charge on any atom is -0.324 e. The highest BCUT2D eigenvalue weighted by Crippen LogP contribution is 2.28. The molecule has 3 N–H and O–H groups in total. The number of quaternary nitrogens is 1. The van der Waals surface area contributed by atoms with Crippen molar-refractivity contribution in [1.82, 2.24) is 0 Å². The van der Waals surface area contributed by atoms with Crippen LogP contribution in [0.5, 0.6) is 0 Å². The van der Waals surface area contributed by atoms with Gasteiger partial charge in [-0.2, -0.15) is 0 Å². The summed E-state index contributed by atoms with van der Waals surface area (Å²) < 4.78 is 0. The van der Waals surface area contributed by atoms with Crippen molar-refractivity contribution < 1.29 is 5.73 Å². The zero-order chi connectivity index (χ0) is 9.30. The SMILES string of the molecule is CSc1cc(C)c(C)c(C)c1[NH3+]. The van der Waals surface area contributed by atoms with Gasteiger partial charge in [0.15, 0.2) is 0 Å². The van der Waals surface area contributed by atoms with Gasteiger partial charge in [-0.15, -0.1) is 11.8 Å². The lowest BCUT2D eigenvalue weighted by molar-refractivity contribution is -0.259. The number of thioether (sulfide) groups is 1. The Morgan fingerprint density at radius 2 is 1.75 bits per heavy atom. The van der Waals surface area contributed by atoms with E-state index >= 15 is 0 Å². The van der Waals surface area contributed by atoms with E-state index in [1.54, 1.807) is 11.8 Å². The molecule has 0 spiro atoms. The predicted molar refractivity (Wildman–Crippen MR) is 55.0 cm³/mol. The van der Waals surface area contributed by atoms with E-state index in [2.05, 4.69) is 38.8 Å². The van der Waals surface area contributed by atoms with Gasteiger partial charge in [-0.1, -0.05) is 0 Å². The third-order valence-corrected chi connectivity index (χ3v) is 3.28. The lowest BCUT2D eigenvalue weighted by Crippen LogP contribution is -2.42. The molecule has 2 heteroatoms. The number of hydrogen-bond acceptors (Lipinski definition) is 1. The molecule has 0 bridgehead atoms. The summed E-state index contributed by atoms with van der Waals surface area (Å²) in [5.41, 5.74) is 9.33. The molecule has 0 heterocycles. The molecule has 0 aromatic heterocycles. The summed E-state index contributed by atoms with van der Waals surface area (Å²) in [4.78, 5) is 1.30. The molecule has 0 aliphatic rings. The highest BCUT2D eigenvalue weighted by atomic mass is 32.2. The van der Waals surface area contributed by atoms with Crippen LogP contribution < -0.4 is 5.73 Å². The van der Waals surface area contributed by atoms with Crippen molar-refractivity contribution in [3.8, 4) is 0 Å². The molecule has 0 atom stereocenters. The minimum atomic E-state index is 1.19. The molecule has 66 valence electrons. The van der Waals surface area contributed by atoms with Crippen molar-refractivity contribution in [2.75, 3.05) is 6.26 Å². The second kappa shape index (κ2) is 3.50. The maximum atomic E-state index is 4.07. The van der Waals surface area contributed by atoms with E-state index in [-0.39, 0.29) is 0 Å². The van der Waals surface area contributed by atoms with Gasteiger partial charge in [0, 0.05) is 5.56 Å². The van der Waals surface area contributed by atoms with E-state index < -0.39 is 0 Å². The smallest absolute Gasteiger partial charge is 0.144 e. The quantitative estimate of drug-likeness (QED) is 0.662. The van der Waals surface area contributed by atoms with Crippen LogP contribution >= 0.6 is 11.8 Å². The molecular weight excluding hydrogens is 166 g/mol. The van der Waals surface area contributed by atoms with Gasteiger partial charge in [-0.25, -0.2) is 0 Å². The van der Waals surface area contributed by atoms with E-state index in [4.69, 9.17) is 0 Å². The van der Waals surface area contributed by atoms with Gasteiger partial charge in [0.05, 0.1) is 4.90 Å². The van der Waals surface area contributed by atoms with Crippen LogP contribution in [0.3, 0.4) is 0 Å². The van der Waals surface area contributed by atoms with Gasteiger partial charge in [-0.05, 0) is 44.2 Å². The molecule has 0 fully saturated rings. The summed E-state index contributed by atoms with van der Waals surface area (Å²) in [5.74, 6) is 0. The van der Waals surface area contributed by atoms with Crippen LogP contribution in [0.25, 0.3) is 0 Å². The molecule has 0 amide bonds. The number of benzene rings is 1. The van der Waals surface area contributed by atoms with Crippen LogP contribution in [-0.2, 0) is 0 Å². The summed E-state index contributed by atoms with van der Waals surface area (Å²) >= 11 is 1.77. The lowest BCUT2D eigenvalue weighted by Gasteiger charge is -2.08. The molecule has 1 aromatic carbocycles. The Hall–Kier alpha value is -0.470. The first-order valence-electron chi connectivity index (χ1n) is 4.04. The van der Waals surface area contributed by atoms with Gasteiger partial charge in [-0.3, -0.25) is 0 Å². The topological polar surface area (TPSA) is 27.6 Å². The van der Waals surface area contributed by atoms with Gasteiger partial charge in [0.1, 0.15) is 5.69 Å². The average molecular weight is 182 g/mol. The number of rotatable bonds is 1. The first kappa shape index (κ1) is 9.62. The average Bonchev–Trinajstić information content (AvgIpc) is 2.08. The third-order valence-electron chi connectivity index (χ3n) is 2.47. The van der Waals surface area contributed by atoms with Crippen molar-refractivity contribution in [3.05, 3.63) is 22.8 Å². The third kappa shape index (κ3) is 1.50. The monoisotopic (exact) mass is 182 g/mol. The van der Waals surface area contributed by atoms with Gasteiger partial charge in [0.25, 0.3) is 0 Å². The van der Waals surface area contributed by atoms with Crippen LogP contribution in [0.2, 0.25) is 0 Å². The van der Waals surface area contributed by atoms with Crippen LogP contribution in [0.4, 0.5) is 5.69 Å². The van der Waals surface area contributed by atoms with Crippen LogP contribution in [0, 0.1) is 20.8 Å². The highest BCUT2D eigenvalue weighted by molar-refractivity contribution is 7.98. The molecule has 0 unspecified atom stereocenters. The van der Waals surface area contributed by atoms with Crippen molar-refractivity contribution >= 4 is 17.4 Å².